The molecule has 3 rings (SSSR count). The standard InChI is InChI=1S/C17H18FNO/c18-16-6-2-1-4-13(16)11-19-17-7-3-5-12-10-14(20)8-9-15(12)17/h1-2,4,6,8-10,17,19-20H,3,5,7,11H2. The topological polar surface area (TPSA) is 32.3 Å². The molecule has 0 saturated heterocycles. The van der Waals surface area contributed by atoms with Gasteiger partial charge >= 0.3 is 0 Å². The smallest absolute Gasteiger partial charge is 0.127 e. The number of aryl methyl sites for hydroxylation is 1. The molecular formula is C17H18FNO. The van der Waals surface area contributed by atoms with Gasteiger partial charge in [-0.25, -0.2) is 4.39 Å². The lowest BCUT2D eigenvalue weighted by Crippen LogP contribution is -2.25. The van der Waals surface area contributed by atoms with E-state index in [1.54, 1.807) is 12.1 Å². The molecule has 0 saturated carbocycles. The SMILES string of the molecule is Oc1ccc2c(c1)CCCC2NCc1ccccc1F. The molecule has 1 unspecified atom stereocenters. The zero-order chi connectivity index (χ0) is 13.9. The Hall–Kier alpha value is -1.87. The molecular weight excluding hydrogens is 253 g/mol. The summed E-state index contributed by atoms with van der Waals surface area (Å²) in [6.07, 6.45) is 3.14. The summed E-state index contributed by atoms with van der Waals surface area (Å²) < 4.78 is 13.6. The van der Waals surface area contributed by atoms with Crippen LogP contribution in [0.15, 0.2) is 42.5 Å². The van der Waals surface area contributed by atoms with Gasteiger partial charge in [-0.1, -0.05) is 24.3 Å². The van der Waals surface area contributed by atoms with E-state index in [1.165, 1.54) is 17.2 Å². The molecule has 0 fully saturated rings. The van der Waals surface area contributed by atoms with Crippen molar-refractivity contribution in [2.45, 2.75) is 31.8 Å². The normalized spacial score (nSPS) is 17.8. The molecule has 1 atom stereocenters. The van der Waals surface area contributed by atoms with E-state index < -0.39 is 0 Å². The summed E-state index contributed by atoms with van der Waals surface area (Å²) >= 11 is 0. The Kier molecular flexibility index (Phi) is 3.70. The van der Waals surface area contributed by atoms with Gasteiger partial charge in [-0.15, -0.1) is 0 Å². The van der Waals surface area contributed by atoms with Crippen LogP contribution in [0.5, 0.6) is 5.75 Å². The van der Waals surface area contributed by atoms with E-state index >= 15 is 0 Å². The number of hydrogen-bond acceptors (Lipinski definition) is 2. The predicted octanol–water partition coefficient (Wildman–Crippen LogP) is 3.70. The van der Waals surface area contributed by atoms with Crippen LogP contribution < -0.4 is 5.32 Å². The van der Waals surface area contributed by atoms with Crippen LogP contribution in [0, 0.1) is 5.82 Å². The number of fused-ring (bicyclic) bond motifs is 1. The van der Waals surface area contributed by atoms with Gasteiger partial charge in [0.2, 0.25) is 0 Å². The molecule has 0 bridgehead atoms. The Morgan fingerprint density at radius 3 is 2.90 bits per heavy atom. The summed E-state index contributed by atoms with van der Waals surface area (Å²) in [4.78, 5) is 0. The number of nitrogens with one attached hydrogen (secondary N) is 1. The van der Waals surface area contributed by atoms with Gasteiger partial charge in [0, 0.05) is 18.2 Å². The van der Waals surface area contributed by atoms with Gasteiger partial charge in [0.15, 0.2) is 0 Å². The molecule has 3 heteroatoms. The monoisotopic (exact) mass is 271 g/mol. The maximum Gasteiger partial charge on any atom is 0.127 e. The van der Waals surface area contributed by atoms with Crippen molar-refractivity contribution in [3.05, 3.63) is 65.0 Å². The van der Waals surface area contributed by atoms with Crippen LogP contribution in [0.1, 0.15) is 35.6 Å². The fourth-order valence-corrected chi connectivity index (χ4v) is 2.89. The van der Waals surface area contributed by atoms with Gasteiger partial charge in [-0.3, -0.25) is 0 Å². The summed E-state index contributed by atoms with van der Waals surface area (Å²) in [6, 6.07) is 12.6. The lowest BCUT2D eigenvalue weighted by Gasteiger charge is -2.26. The molecule has 2 nitrogen and oxygen atoms in total. The average molecular weight is 271 g/mol. The molecule has 104 valence electrons. The number of halogens is 1. The molecule has 2 aromatic carbocycles. The average Bonchev–Trinajstić information content (AvgIpc) is 2.46. The quantitative estimate of drug-likeness (QED) is 0.892. The number of aromatic hydroxyl groups is 1. The predicted molar refractivity (Wildman–Crippen MR) is 77.0 cm³/mol. The lowest BCUT2D eigenvalue weighted by atomic mass is 9.87. The van der Waals surface area contributed by atoms with Crippen LogP contribution >= 0.6 is 0 Å². The minimum absolute atomic E-state index is 0.165. The highest BCUT2D eigenvalue weighted by Gasteiger charge is 2.20. The van der Waals surface area contributed by atoms with E-state index in [1.807, 2.05) is 24.3 Å². The zero-order valence-corrected chi connectivity index (χ0v) is 11.3. The van der Waals surface area contributed by atoms with Gasteiger partial charge < -0.3 is 10.4 Å². The Morgan fingerprint density at radius 1 is 1.20 bits per heavy atom. The Balaban J connectivity index is 1.75. The molecule has 0 heterocycles. The van der Waals surface area contributed by atoms with Crippen molar-refractivity contribution in [2.75, 3.05) is 0 Å². The van der Waals surface area contributed by atoms with Gasteiger partial charge in [-0.2, -0.15) is 0 Å². The fourth-order valence-electron chi connectivity index (χ4n) is 2.89. The molecule has 0 aliphatic heterocycles. The highest BCUT2D eigenvalue weighted by Crippen LogP contribution is 2.32. The van der Waals surface area contributed by atoms with Gasteiger partial charge in [0.05, 0.1) is 0 Å². The molecule has 2 aromatic rings. The molecule has 20 heavy (non-hydrogen) atoms. The largest absolute Gasteiger partial charge is 0.508 e. The van der Waals surface area contributed by atoms with Crippen molar-refractivity contribution in [1.29, 1.82) is 0 Å². The third-order valence-corrected chi connectivity index (χ3v) is 3.94. The molecule has 1 aliphatic rings. The van der Waals surface area contributed by atoms with Crippen LogP contribution in [-0.2, 0) is 13.0 Å². The Labute approximate surface area is 118 Å². The summed E-state index contributed by atoms with van der Waals surface area (Å²) in [5, 5.41) is 13.0. The minimum Gasteiger partial charge on any atom is -0.508 e. The van der Waals surface area contributed by atoms with Crippen LogP contribution in [0.3, 0.4) is 0 Å². The first-order valence-electron chi connectivity index (χ1n) is 7.02. The van der Waals surface area contributed by atoms with Crippen LogP contribution in [0.25, 0.3) is 0 Å². The molecule has 2 N–H and O–H groups in total. The Bertz CT molecular complexity index is 612. The molecule has 0 radical (unpaired) electrons. The fraction of sp³-hybridized carbons (Fsp3) is 0.294. The van der Waals surface area contributed by atoms with Crippen LogP contribution in [-0.4, -0.2) is 5.11 Å². The first-order chi connectivity index (χ1) is 9.74. The molecule has 0 amide bonds. The zero-order valence-electron chi connectivity index (χ0n) is 11.3. The van der Waals surface area contributed by atoms with Crippen molar-refractivity contribution in [1.82, 2.24) is 5.32 Å². The number of rotatable bonds is 3. The van der Waals surface area contributed by atoms with Crippen molar-refractivity contribution in [3.8, 4) is 5.75 Å². The number of benzene rings is 2. The highest BCUT2D eigenvalue weighted by molar-refractivity contribution is 5.38. The summed E-state index contributed by atoms with van der Waals surface area (Å²) in [5.41, 5.74) is 3.12. The lowest BCUT2D eigenvalue weighted by molar-refractivity contribution is 0.445. The van der Waals surface area contributed by atoms with E-state index in [9.17, 15) is 9.50 Å². The Morgan fingerprint density at radius 2 is 2.05 bits per heavy atom. The molecule has 0 aromatic heterocycles. The van der Waals surface area contributed by atoms with E-state index in [0.717, 1.165) is 19.3 Å². The van der Waals surface area contributed by atoms with Crippen molar-refractivity contribution >= 4 is 0 Å². The number of phenolic OH excluding ortho intramolecular Hbond substituents is 1. The summed E-state index contributed by atoms with van der Waals surface area (Å²) in [7, 11) is 0. The van der Waals surface area contributed by atoms with Crippen molar-refractivity contribution in [3.63, 3.8) is 0 Å². The van der Waals surface area contributed by atoms with Crippen molar-refractivity contribution < 1.29 is 9.50 Å². The van der Waals surface area contributed by atoms with Gasteiger partial charge in [-0.05, 0) is 48.6 Å². The third-order valence-electron chi connectivity index (χ3n) is 3.94. The minimum atomic E-state index is -0.165. The second-order valence-electron chi connectivity index (χ2n) is 5.30. The number of hydrogen-bond donors (Lipinski definition) is 2. The highest BCUT2D eigenvalue weighted by atomic mass is 19.1. The summed E-state index contributed by atoms with van der Waals surface area (Å²) in [6.45, 7) is 0.525. The van der Waals surface area contributed by atoms with E-state index in [2.05, 4.69) is 5.32 Å². The van der Waals surface area contributed by atoms with E-state index in [0.29, 0.717) is 17.9 Å². The van der Waals surface area contributed by atoms with Crippen LogP contribution in [0.2, 0.25) is 0 Å². The third kappa shape index (κ3) is 2.68. The maximum absolute atomic E-state index is 13.6. The first-order valence-corrected chi connectivity index (χ1v) is 7.02. The number of phenols is 1. The van der Waals surface area contributed by atoms with E-state index in [4.69, 9.17) is 0 Å². The van der Waals surface area contributed by atoms with E-state index in [-0.39, 0.29) is 11.9 Å². The van der Waals surface area contributed by atoms with Gasteiger partial charge in [0.25, 0.3) is 0 Å². The summed E-state index contributed by atoms with van der Waals surface area (Å²) in [5.74, 6) is 0.153. The maximum atomic E-state index is 13.6. The van der Waals surface area contributed by atoms with Gasteiger partial charge in [0.1, 0.15) is 11.6 Å². The molecule has 0 spiro atoms. The first kappa shape index (κ1) is 13.1. The van der Waals surface area contributed by atoms with Crippen molar-refractivity contribution in [2.24, 2.45) is 0 Å². The molecule has 1 aliphatic carbocycles. The van der Waals surface area contributed by atoms with Crippen LogP contribution in [0.4, 0.5) is 4.39 Å². The second kappa shape index (κ2) is 5.63. The second-order valence-corrected chi connectivity index (χ2v) is 5.30.